The SMILES string of the molecule is Cc1cccc(OCC(=O)N2CCC(N3C[C@H]4C[C@H](C3)[C@H]3CCCC(=O)N3C4)CC2)c1. The standard InChI is InChI=1S/C25H35N3O3/c1-18-4-2-5-22(12-18)31-17-25(30)26-10-8-21(9-11-26)27-14-19-13-20(16-27)23-6-3-7-24(29)28(23)15-19/h2,4-5,12,19-21,23H,3,6-11,13-17H2,1H3/t19-,20-,23-/m1/s1. The van der Waals surface area contributed by atoms with Gasteiger partial charge in [-0.25, -0.2) is 0 Å². The van der Waals surface area contributed by atoms with Crippen LogP contribution in [0.2, 0.25) is 0 Å². The van der Waals surface area contributed by atoms with Gasteiger partial charge in [0.2, 0.25) is 5.91 Å². The molecule has 1 aromatic rings. The summed E-state index contributed by atoms with van der Waals surface area (Å²) < 4.78 is 5.72. The zero-order valence-corrected chi connectivity index (χ0v) is 18.7. The molecule has 6 heteroatoms. The Kier molecular flexibility index (Phi) is 5.91. The monoisotopic (exact) mass is 425 g/mol. The van der Waals surface area contributed by atoms with Crippen molar-refractivity contribution < 1.29 is 14.3 Å². The summed E-state index contributed by atoms with van der Waals surface area (Å²) in [5, 5.41) is 0. The van der Waals surface area contributed by atoms with Gasteiger partial charge in [0.1, 0.15) is 5.75 Å². The molecule has 3 atom stereocenters. The van der Waals surface area contributed by atoms with E-state index < -0.39 is 0 Å². The molecular weight excluding hydrogens is 390 g/mol. The lowest BCUT2D eigenvalue weighted by Crippen LogP contribution is -2.62. The number of nitrogens with zero attached hydrogens (tertiary/aromatic N) is 3. The van der Waals surface area contributed by atoms with Gasteiger partial charge in [-0.2, -0.15) is 0 Å². The third kappa shape index (κ3) is 4.45. The predicted molar refractivity (Wildman–Crippen MR) is 119 cm³/mol. The highest BCUT2D eigenvalue weighted by Crippen LogP contribution is 2.39. The van der Waals surface area contributed by atoms with Crippen molar-refractivity contribution in [1.82, 2.24) is 14.7 Å². The normalized spacial score (nSPS) is 29.6. The van der Waals surface area contributed by atoms with Gasteiger partial charge in [0.15, 0.2) is 6.61 Å². The molecule has 31 heavy (non-hydrogen) atoms. The third-order valence-corrected chi connectivity index (χ3v) is 7.89. The summed E-state index contributed by atoms with van der Waals surface area (Å²) in [4.78, 5) is 31.9. The van der Waals surface area contributed by atoms with Crippen LogP contribution in [0.1, 0.15) is 44.1 Å². The molecule has 2 amide bonds. The van der Waals surface area contributed by atoms with Crippen LogP contribution in [0, 0.1) is 18.8 Å². The van der Waals surface area contributed by atoms with Crippen LogP contribution in [0.3, 0.4) is 0 Å². The number of carbonyl (C=O) groups is 2. The molecule has 0 N–H and O–H groups in total. The van der Waals surface area contributed by atoms with E-state index in [0.717, 1.165) is 69.7 Å². The third-order valence-electron chi connectivity index (χ3n) is 7.89. The molecule has 4 aliphatic heterocycles. The van der Waals surface area contributed by atoms with Crippen LogP contribution in [0.5, 0.6) is 5.75 Å². The van der Waals surface area contributed by atoms with Gasteiger partial charge >= 0.3 is 0 Å². The first-order chi connectivity index (χ1) is 15.1. The summed E-state index contributed by atoms with van der Waals surface area (Å²) in [5.41, 5.74) is 1.14. The number of aryl methyl sites for hydroxylation is 1. The molecular formula is C25H35N3O3. The first-order valence-corrected chi connectivity index (χ1v) is 12.1. The van der Waals surface area contributed by atoms with Crippen LogP contribution in [0.25, 0.3) is 0 Å². The van der Waals surface area contributed by atoms with Gasteiger partial charge in [0.05, 0.1) is 0 Å². The zero-order valence-electron chi connectivity index (χ0n) is 18.7. The topological polar surface area (TPSA) is 53.1 Å². The largest absolute Gasteiger partial charge is 0.484 e. The Balaban J connectivity index is 1.12. The van der Waals surface area contributed by atoms with Gasteiger partial charge in [-0.3, -0.25) is 14.5 Å². The van der Waals surface area contributed by atoms with E-state index in [1.165, 1.54) is 12.8 Å². The number of benzene rings is 1. The maximum atomic E-state index is 12.6. The molecule has 5 rings (SSSR count). The van der Waals surface area contributed by atoms with Crippen molar-refractivity contribution in [2.75, 3.05) is 39.3 Å². The maximum absolute atomic E-state index is 12.6. The number of hydrogen-bond donors (Lipinski definition) is 0. The first-order valence-electron chi connectivity index (χ1n) is 12.1. The average Bonchev–Trinajstić information content (AvgIpc) is 2.78. The van der Waals surface area contributed by atoms with E-state index in [1.54, 1.807) is 0 Å². The van der Waals surface area contributed by atoms with Crippen molar-refractivity contribution in [2.45, 2.75) is 57.5 Å². The lowest BCUT2D eigenvalue weighted by atomic mass is 9.75. The summed E-state index contributed by atoms with van der Waals surface area (Å²) in [5.74, 6) is 2.50. The van der Waals surface area contributed by atoms with E-state index in [-0.39, 0.29) is 12.5 Å². The van der Waals surface area contributed by atoms with E-state index in [1.807, 2.05) is 36.1 Å². The Labute approximate surface area is 185 Å². The van der Waals surface area contributed by atoms with Gasteiger partial charge in [0, 0.05) is 51.2 Å². The Morgan fingerprint density at radius 1 is 1.13 bits per heavy atom. The van der Waals surface area contributed by atoms with E-state index >= 15 is 0 Å². The Morgan fingerprint density at radius 3 is 2.77 bits per heavy atom. The predicted octanol–water partition coefficient (Wildman–Crippen LogP) is 2.70. The Hall–Kier alpha value is -2.08. The van der Waals surface area contributed by atoms with Crippen molar-refractivity contribution in [1.29, 1.82) is 0 Å². The van der Waals surface area contributed by atoms with Gasteiger partial charge < -0.3 is 14.5 Å². The zero-order chi connectivity index (χ0) is 21.4. The van der Waals surface area contributed by atoms with Crippen LogP contribution in [-0.4, -0.2) is 77.9 Å². The van der Waals surface area contributed by atoms with Crippen LogP contribution in [0.15, 0.2) is 24.3 Å². The van der Waals surface area contributed by atoms with Crippen molar-refractivity contribution in [3.8, 4) is 5.75 Å². The number of rotatable bonds is 4. The second-order valence-corrected chi connectivity index (χ2v) is 10.0. The number of amides is 2. The quantitative estimate of drug-likeness (QED) is 0.744. The molecule has 4 fully saturated rings. The summed E-state index contributed by atoms with van der Waals surface area (Å²) in [6, 6.07) is 8.89. The summed E-state index contributed by atoms with van der Waals surface area (Å²) >= 11 is 0. The van der Waals surface area contributed by atoms with Gasteiger partial charge in [-0.1, -0.05) is 12.1 Å². The van der Waals surface area contributed by atoms with Crippen LogP contribution in [0.4, 0.5) is 0 Å². The van der Waals surface area contributed by atoms with E-state index in [2.05, 4.69) is 9.80 Å². The van der Waals surface area contributed by atoms with Crippen molar-refractivity contribution >= 4 is 11.8 Å². The highest BCUT2D eigenvalue weighted by molar-refractivity contribution is 5.78. The molecule has 0 saturated carbocycles. The number of fused-ring (bicyclic) bond motifs is 4. The number of piperidine rings is 4. The number of likely N-dealkylation sites (tertiary alicyclic amines) is 2. The second-order valence-electron chi connectivity index (χ2n) is 10.0. The minimum atomic E-state index is 0.0897. The molecule has 4 aliphatic rings. The molecule has 0 spiro atoms. The molecule has 0 aromatic heterocycles. The lowest BCUT2D eigenvalue weighted by molar-refractivity contribution is -0.146. The molecule has 1 aromatic carbocycles. The van der Waals surface area contributed by atoms with Crippen LogP contribution < -0.4 is 4.74 Å². The molecule has 0 unspecified atom stereocenters. The van der Waals surface area contributed by atoms with Crippen LogP contribution in [-0.2, 0) is 9.59 Å². The minimum Gasteiger partial charge on any atom is -0.484 e. The first kappa shape index (κ1) is 20.8. The fourth-order valence-corrected chi connectivity index (χ4v) is 6.37. The molecule has 2 bridgehead atoms. The second kappa shape index (κ2) is 8.81. The van der Waals surface area contributed by atoms with Crippen LogP contribution >= 0.6 is 0 Å². The highest BCUT2D eigenvalue weighted by atomic mass is 16.5. The van der Waals surface area contributed by atoms with E-state index in [9.17, 15) is 9.59 Å². The van der Waals surface area contributed by atoms with Crippen molar-refractivity contribution in [2.24, 2.45) is 11.8 Å². The lowest BCUT2D eigenvalue weighted by Gasteiger charge is -2.54. The average molecular weight is 426 g/mol. The minimum absolute atomic E-state index is 0.0897. The highest BCUT2D eigenvalue weighted by Gasteiger charge is 2.45. The number of carbonyl (C=O) groups excluding carboxylic acids is 2. The number of ether oxygens (including phenoxy) is 1. The maximum Gasteiger partial charge on any atom is 0.260 e. The van der Waals surface area contributed by atoms with Crippen molar-refractivity contribution in [3.63, 3.8) is 0 Å². The smallest absolute Gasteiger partial charge is 0.260 e. The summed E-state index contributed by atoms with van der Waals surface area (Å²) in [7, 11) is 0. The fraction of sp³-hybridized carbons (Fsp3) is 0.680. The molecule has 6 nitrogen and oxygen atoms in total. The summed E-state index contributed by atoms with van der Waals surface area (Å²) in [6.07, 6.45) is 6.38. The van der Waals surface area contributed by atoms with Gasteiger partial charge in [-0.05, 0) is 68.6 Å². The Morgan fingerprint density at radius 2 is 1.97 bits per heavy atom. The molecule has 4 heterocycles. The van der Waals surface area contributed by atoms with E-state index in [0.29, 0.717) is 29.8 Å². The summed E-state index contributed by atoms with van der Waals surface area (Å²) in [6.45, 7) is 6.98. The van der Waals surface area contributed by atoms with Gasteiger partial charge in [-0.15, -0.1) is 0 Å². The van der Waals surface area contributed by atoms with E-state index in [4.69, 9.17) is 4.74 Å². The molecule has 0 radical (unpaired) electrons. The molecule has 168 valence electrons. The van der Waals surface area contributed by atoms with Crippen molar-refractivity contribution in [3.05, 3.63) is 29.8 Å². The number of hydrogen-bond acceptors (Lipinski definition) is 4. The molecule has 0 aliphatic carbocycles. The van der Waals surface area contributed by atoms with Gasteiger partial charge in [0.25, 0.3) is 5.91 Å². The molecule has 4 saturated heterocycles. The Bertz CT molecular complexity index is 820. The fourth-order valence-electron chi connectivity index (χ4n) is 6.37.